The average molecular weight is 619 g/mol. The molecule has 3 aromatic heterocycles. The highest BCUT2D eigenvalue weighted by molar-refractivity contribution is 6.04. The molecule has 2 aliphatic rings. The minimum absolute atomic E-state index is 0.183. The molecule has 0 amide bonds. The molecule has 1 aliphatic carbocycles. The third kappa shape index (κ3) is 4.80. The molecule has 3 unspecified atom stereocenters. The van der Waals surface area contributed by atoms with E-state index in [4.69, 9.17) is 15.0 Å². The Hall–Kier alpha value is -5.87. The Morgan fingerprint density at radius 3 is 1.73 bits per heavy atom. The van der Waals surface area contributed by atoms with Gasteiger partial charge in [0.1, 0.15) is 0 Å². The Morgan fingerprint density at radius 2 is 1.08 bits per heavy atom. The smallest absolute Gasteiger partial charge is 0.0972 e. The van der Waals surface area contributed by atoms with Crippen molar-refractivity contribution in [1.29, 1.82) is 0 Å². The summed E-state index contributed by atoms with van der Waals surface area (Å²) in [6, 6.07) is 42.2. The van der Waals surface area contributed by atoms with Crippen molar-refractivity contribution in [3.8, 4) is 22.5 Å². The van der Waals surface area contributed by atoms with Crippen LogP contribution < -0.4 is 5.32 Å². The molecule has 1 N–H and O–H groups in total. The van der Waals surface area contributed by atoms with E-state index >= 15 is 0 Å². The van der Waals surface area contributed by atoms with Crippen LogP contribution in [-0.4, -0.2) is 20.5 Å². The van der Waals surface area contributed by atoms with Gasteiger partial charge < -0.3 is 5.32 Å². The number of allylic oxidation sites excluding steroid dienone is 3. The summed E-state index contributed by atoms with van der Waals surface area (Å²) in [4.78, 5) is 15.6. The van der Waals surface area contributed by atoms with Gasteiger partial charge in [-0.2, -0.15) is 0 Å². The van der Waals surface area contributed by atoms with Gasteiger partial charge in [-0.15, -0.1) is 0 Å². The molecule has 0 radical (unpaired) electrons. The molecule has 7 aromatic rings. The van der Waals surface area contributed by atoms with E-state index in [0.717, 1.165) is 77.7 Å². The number of rotatable bonds is 4. The van der Waals surface area contributed by atoms with Crippen LogP contribution >= 0.6 is 0 Å². The summed E-state index contributed by atoms with van der Waals surface area (Å²) >= 11 is 0. The van der Waals surface area contributed by atoms with Gasteiger partial charge in [0.15, 0.2) is 0 Å². The van der Waals surface area contributed by atoms with E-state index < -0.39 is 0 Å². The molecule has 3 atom stereocenters. The minimum Gasteiger partial charge on any atom is -0.374 e. The number of anilines is 1. The second-order valence-corrected chi connectivity index (χ2v) is 13.2. The van der Waals surface area contributed by atoms with Gasteiger partial charge in [-0.05, 0) is 42.2 Å². The van der Waals surface area contributed by atoms with Crippen molar-refractivity contribution >= 4 is 50.0 Å². The number of benzene rings is 4. The predicted molar refractivity (Wildman–Crippen MR) is 200 cm³/mol. The SMILES string of the molecule is CC1C=CC(c2ccc3ccc4ccc(-c5ccccc5)nc4c3n2)=CC1C1(C)C=Cc2ccc3ccc(-c4ccccc4)nc3c2N1. The molecule has 4 aromatic carbocycles. The first-order valence-corrected chi connectivity index (χ1v) is 16.7. The lowest BCUT2D eigenvalue weighted by Gasteiger charge is -2.42. The molecule has 48 heavy (non-hydrogen) atoms. The maximum Gasteiger partial charge on any atom is 0.0972 e. The third-order valence-corrected chi connectivity index (χ3v) is 10.0. The number of pyridine rings is 3. The zero-order valence-corrected chi connectivity index (χ0v) is 26.9. The van der Waals surface area contributed by atoms with E-state index in [9.17, 15) is 0 Å². The maximum absolute atomic E-state index is 5.27. The van der Waals surface area contributed by atoms with Crippen molar-refractivity contribution < 1.29 is 0 Å². The Morgan fingerprint density at radius 1 is 0.562 bits per heavy atom. The number of nitrogens with one attached hydrogen (secondary N) is 1. The number of hydrogen-bond donors (Lipinski definition) is 1. The van der Waals surface area contributed by atoms with Crippen LogP contribution in [0.2, 0.25) is 0 Å². The van der Waals surface area contributed by atoms with E-state index in [1.54, 1.807) is 0 Å². The molecule has 9 rings (SSSR count). The highest BCUT2D eigenvalue weighted by atomic mass is 15.0. The van der Waals surface area contributed by atoms with Gasteiger partial charge in [0, 0.05) is 33.2 Å². The maximum atomic E-state index is 5.27. The molecule has 4 heteroatoms. The molecule has 0 bridgehead atoms. The number of aromatic nitrogens is 3. The van der Waals surface area contributed by atoms with Gasteiger partial charge in [-0.3, -0.25) is 0 Å². The molecule has 4 heterocycles. The summed E-state index contributed by atoms with van der Waals surface area (Å²) in [6.45, 7) is 4.60. The normalized spacial score (nSPS) is 20.1. The summed E-state index contributed by atoms with van der Waals surface area (Å²) in [5.74, 6) is 0.499. The van der Waals surface area contributed by atoms with E-state index in [2.05, 4.69) is 159 Å². The number of nitrogens with zero attached hydrogens (tertiary/aromatic N) is 3. The second-order valence-electron chi connectivity index (χ2n) is 13.2. The molecule has 0 fully saturated rings. The fourth-order valence-electron chi connectivity index (χ4n) is 7.38. The van der Waals surface area contributed by atoms with Crippen LogP contribution in [0.1, 0.15) is 25.1 Å². The van der Waals surface area contributed by atoms with E-state index in [-0.39, 0.29) is 11.5 Å². The fraction of sp³-hybridized carbons (Fsp3) is 0.114. The first-order valence-electron chi connectivity index (χ1n) is 16.7. The third-order valence-electron chi connectivity index (χ3n) is 10.0. The molecule has 4 nitrogen and oxygen atoms in total. The summed E-state index contributed by atoms with van der Waals surface area (Å²) in [6.07, 6.45) is 11.6. The molecule has 0 spiro atoms. The highest BCUT2D eigenvalue weighted by Gasteiger charge is 2.37. The molecular weight excluding hydrogens is 585 g/mol. The second kappa shape index (κ2) is 11.1. The number of hydrogen-bond acceptors (Lipinski definition) is 4. The van der Waals surface area contributed by atoms with Crippen LogP contribution in [0, 0.1) is 11.8 Å². The van der Waals surface area contributed by atoms with Gasteiger partial charge in [-0.25, -0.2) is 15.0 Å². The van der Waals surface area contributed by atoms with E-state index in [1.165, 1.54) is 0 Å². The van der Waals surface area contributed by atoms with Crippen LogP contribution in [0.4, 0.5) is 5.69 Å². The lowest BCUT2D eigenvalue weighted by atomic mass is 9.72. The first kappa shape index (κ1) is 28.4. The van der Waals surface area contributed by atoms with Crippen LogP contribution in [0.3, 0.4) is 0 Å². The zero-order chi connectivity index (χ0) is 32.2. The monoisotopic (exact) mass is 618 g/mol. The van der Waals surface area contributed by atoms with Gasteiger partial charge in [0.05, 0.1) is 44.9 Å². The van der Waals surface area contributed by atoms with Crippen molar-refractivity contribution in [2.24, 2.45) is 11.8 Å². The summed E-state index contributed by atoms with van der Waals surface area (Å²) in [7, 11) is 0. The van der Waals surface area contributed by atoms with Crippen molar-refractivity contribution in [2.45, 2.75) is 19.4 Å². The first-order chi connectivity index (χ1) is 23.5. The zero-order valence-electron chi connectivity index (χ0n) is 26.9. The van der Waals surface area contributed by atoms with Crippen molar-refractivity contribution in [3.63, 3.8) is 0 Å². The predicted octanol–water partition coefficient (Wildman–Crippen LogP) is 10.8. The van der Waals surface area contributed by atoms with Gasteiger partial charge in [0.25, 0.3) is 0 Å². The van der Waals surface area contributed by atoms with Crippen LogP contribution in [0.25, 0.3) is 66.9 Å². The van der Waals surface area contributed by atoms with Gasteiger partial charge >= 0.3 is 0 Å². The van der Waals surface area contributed by atoms with Crippen molar-refractivity contribution in [2.75, 3.05) is 5.32 Å². The lowest BCUT2D eigenvalue weighted by Crippen LogP contribution is -2.44. The lowest BCUT2D eigenvalue weighted by molar-refractivity contribution is 0.382. The average Bonchev–Trinajstić information content (AvgIpc) is 3.15. The standard InChI is InChI=1S/C44H34N4/c1-28-13-14-35(39-24-21-32-16-15-31-19-22-37(29-9-5-3-6-10-29)45-40(31)41(32)47-39)27-36(28)44(2)26-25-34-18-17-33-20-23-38(30-11-7-4-8-12-30)46-42(33)43(34)48-44/h3-28,36,48H,1-2H3. The Labute approximate surface area is 280 Å². The highest BCUT2D eigenvalue weighted by Crippen LogP contribution is 2.43. The summed E-state index contributed by atoms with van der Waals surface area (Å²) in [5.41, 5.74) is 11.0. The molecule has 1 aliphatic heterocycles. The van der Waals surface area contributed by atoms with Crippen molar-refractivity contribution in [3.05, 3.63) is 157 Å². The molecular formula is C44H34N4. The quantitative estimate of drug-likeness (QED) is 0.199. The van der Waals surface area contributed by atoms with E-state index in [1.807, 2.05) is 12.1 Å². The molecule has 0 saturated carbocycles. The molecule has 230 valence electrons. The fourth-order valence-corrected chi connectivity index (χ4v) is 7.38. The summed E-state index contributed by atoms with van der Waals surface area (Å²) in [5, 5.41) is 7.29. The van der Waals surface area contributed by atoms with Crippen molar-refractivity contribution in [1.82, 2.24) is 15.0 Å². The number of fused-ring (bicyclic) bond motifs is 6. The summed E-state index contributed by atoms with van der Waals surface area (Å²) < 4.78 is 0. The minimum atomic E-state index is -0.336. The Kier molecular flexibility index (Phi) is 6.58. The topological polar surface area (TPSA) is 50.7 Å². The Bertz CT molecular complexity index is 2460. The molecule has 0 saturated heterocycles. The van der Waals surface area contributed by atoms with E-state index in [0.29, 0.717) is 5.92 Å². The van der Waals surface area contributed by atoms with Crippen LogP contribution in [0.5, 0.6) is 0 Å². The van der Waals surface area contributed by atoms with Gasteiger partial charge in [0.2, 0.25) is 0 Å². The van der Waals surface area contributed by atoms with Crippen LogP contribution in [0.15, 0.2) is 146 Å². The largest absolute Gasteiger partial charge is 0.374 e. The van der Waals surface area contributed by atoms with Gasteiger partial charge in [-0.1, -0.05) is 140 Å². The van der Waals surface area contributed by atoms with Crippen LogP contribution in [-0.2, 0) is 0 Å². The Balaban J connectivity index is 1.10.